The van der Waals surface area contributed by atoms with Crippen LogP contribution in [-0.2, 0) is 21.7 Å². The lowest BCUT2D eigenvalue weighted by Crippen LogP contribution is -2.30. The molecule has 0 atom stereocenters. The second kappa shape index (κ2) is 19.2. The molecule has 0 unspecified atom stereocenters. The Labute approximate surface area is 360 Å². The van der Waals surface area contributed by atoms with Crippen LogP contribution < -0.4 is 0 Å². The summed E-state index contributed by atoms with van der Waals surface area (Å²) in [4.78, 5) is 0. The van der Waals surface area contributed by atoms with Gasteiger partial charge in [0.15, 0.2) is 0 Å². The first-order valence-electron chi connectivity index (χ1n) is 21.7. The molecule has 0 aliphatic rings. The second-order valence-corrected chi connectivity index (χ2v) is 17.3. The molecule has 0 aromatic heterocycles. The Morgan fingerprint density at radius 3 is 0.383 bits per heavy atom. The maximum absolute atomic E-state index is 2.40. The van der Waals surface area contributed by atoms with Crippen molar-refractivity contribution in [3.05, 3.63) is 287 Å². The van der Waals surface area contributed by atoms with E-state index in [1.54, 1.807) is 0 Å². The number of rotatable bonds is 14. The van der Waals surface area contributed by atoms with Crippen LogP contribution in [0.3, 0.4) is 0 Å². The van der Waals surface area contributed by atoms with E-state index in [0.717, 1.165) is 25.7 Å². The molecule has 60 heavy (non-hydrogen) atoms. The zero-order valence-electron chi connectivity index (χ0n) is 35.9. The third-order valence-corrected chi connectivity index (χ3v) is 13.5. The van der Waals surface area contributed by atoms with Crippen molar-refractivity contribution in [2.75, 3.05) is 0 Å². The van der Waals surface area contributed by atoms with E-state index in [2.05, 4.69) is 270 Å². The lowest BCUT2D eigenvalue weighted by atomic mass is 9.66. The summed E-state index contributed by atoms with van der Waals surface area (Å²) in [5.74, 6) is 0. The van der Waals surface area contributed by atoms with E-state index in [1.807, 2.05) is 0 Å². The van der Waals surface area contributed by atoms with Gasteiger partial charge < -0.3 is 0 Å². The van der Waals surface area contributed by atoms with Crippen molar-refractivity contribution < 1.29 is 0 Å². The number of hydrogen-bond acceptors (Lipinski definition) is 0. The Balaban J connectivity index is 0.000000181. The average Bonchev–Trinajstić information content (AvgIpc) is 3.34. The van der Waals surface area contributed by atoms with Gasteiger partial charge in [0.05, 0.1) is 0 Å². The molecule has 8 aromatic rings. The molecule has 0 spiro atoms. The van der Waals surface area contributed by atoms with Crippen molar-refractivity contribution >= 4 is 0 Å². The molecule has 0 aliphatic heterocycles. The highest BCUT2D eigenvalue weighted by Crippen LogP contribution is 2.45. The highest BCUT2D eigenvalue weighted by Gasteiger charge is 2.37. The molecular formula is C60H60. The Hall–Kier alpha value is -6.24. The lowest BCUT2D eigenvalue weighted by molar-refractivity contribution is 0.413. The Bertz CT molecular complexity index is 1910. The van der Waals surface area contributed by atoms with Crippen molar-refractivity contribution in [3.63, 3.8) is 0 Å². The zero-order chi connectivity index (χ0) is 41.7. The fraction of sp³-hybridized carbons (Fsp3) is 0.200. The first-order chi connectivity index (χ1) is 29.3. The van der Waals surface area contributed by atoms with Crippen LogP contribution in [-0.4, -0.2) is 0 Å². The van der Waals surface area contributed by atoms with Crippen LogP contribution in [0.1, 0.15) is 97.9 Å². The fourth-order valence-electron chi connectivity index (χ4n) is 9.27. The highest BCUT2D eigenvalue weighted by molar-refractivity contribution is 5.44. The van der Waals surface area contributed by atoms with E-state index in [4.69, 9.17) is 0 Å². The van der Waals surface area contributed by atoms with Crippen molar-refractivity contribution in [3.8, 4) is 0 Å². The predicted molar refractivity (Wildman–Crippen MR) is 256 cm³/mol. The molecule has 0 heteroatoms. The minimum Gasteiger partial charge on any atom is -0.0622 e. The molecule has 0 amide bonds. The van der Waals surface area contributed by atoms with Gasteiger partial charge in [0.25, 0.3) is 0 Å². The summed E-state index contributed by atoms with van der Waals surface area (Å²) in [5, 5.41) is 0. The molecule has 0 nitrogen and oxygen atoms in total. The lowest BCUT2D eigenvalue weighted by Gasteiger charge is -2.37. The summed E-state index contributed by atoms with van der Waals surface area (Å²) in [6.07, 6.45) is 4.23. The summed E-state index contributed by atoms with van der Waals surface area (Å²) >= 11 is 0. The molecule has 0 heterocycles. The summed E-state index contributed by atoms with van der Waals surface area (Å²) in [5.41, 5.74) is 10.8. The average molecular weight is 781 g/mol. The van der Waals surface area contributed by atoms with Gasteiger partial charge >= 0.3 is 0 Å². The molecule has 8 aromatic carbocycles. The maximum Gasteiger partial charge on any atom is 0.0175 e. The van der Waals surface area contributed by atoms with Crippen LogP contribution >= 0.6 is 0 Å². The molecule has 0 N–H and O–H groups in total. The van der Waals surface area contributed by atoms with E-state index in [0.29, 0.717) is 0 Å². The van der Waals surface area contributed by atoms with Crippen LogP contribution in [0.2, 0.25) is 0 Å². The van der Waals surface area contributed by atoms with Crippen molar-refractivity contribution in [1.29, 1.82) is 0 Å². The van der Waals surface area contributed by atoms with Crippen LogP contribution in [0.25, 0.3) is 0 Å². The summed E-state index contributed by atoms with van der Waals surface area (Å²) in [7, 11) is 0. The molecule has 0 bridgehead atoms. The summed E-state index contributed by atoms with van der Waals surface area (Å²) < 4.78 is 0. The minimum absolute atomic E-state index is 0.0483. The van der Waals surface area contributed by atoms with Crippen LogP contribution in [0.4, 0.5) is 0 Å². The monoisotopic (exact) mass is 780 g/mol. The summed E-state index contributed by atoms with van der Waals surface area (Å²) in [6.45, 7) is 9.59. The van der Waals surface area contributed by atoms with Crippen LogP contribution in [0.5, 0.6) is 0 Å². The highest BCUT2D eigenvalue weighted by atomic mass is 14.4. The van der Waals surface area contributed by atoms with E-state index in [1.165, 1.54) is 44.5 Å². The van der Waals surface area contributed by atoms with Gasteiger partial charge in [-0.3, -0.25) is 0 Å². The number of hydrogen-bond donors (Lipinski definition) is 0. The molecule has 0 saturated carbocycles. The van der Waals surface area contributed by atoms with Crippen molar-refractivity contribution in [1.82, 2.24) is 0 Å². The van der Waals surface area contributed by atoms with E-state index < -0.39 is 0 Å². The molecule has 0 radical (unpaired) electrons. The Morgan fingerprint density at radius 1 is 0.183 bits per heavy atom. The summed E-state index contributed by atoms with van der Waals surface area (Å²) in [6, 6.07) is 87.7. The third-order valence-electron chi connectivity index (χ3n) is 13.5. The largest absolute Gasteiger partial charge is 0.0622 e. The van der Waals surface area contributed by atoms with Crippen LogP contribution in [0, 0.1) is 0 Å². The van der Waals surface area contributed by atoms with Crippen molar-refractivity contribution in [2.45, 2.75) is 75.0 Å². The van der Waals surface area contributed by atoms with E-state index in [-0.39, 0.29) is 21.7 Å². The van der Waals surface area contributed by atoms with Gasteiger partial charge in [0.2, 0.25) is 0 Å². The van der Waals surface area contributed by atoms with Crippen LogP contribution in [0.15, 0.2) is 243 Å². The molecule has 0 saturated heterocycles. The van der Waals surface area contributed by atoms with Gasteiger partial charge in [-0.15, -0.1) is 0 Å². The van der Waals surface area contributed by atoms with Gasteiger partial charge in [-0.05, 0) is 70.2 Å². The van der Waals surface area contributed by atoms with Gasteiger partial charge in [-0.1, -0.05) is 270 Å². The molecule has 0 aliphatic carbocycles. The third kappa shape index (κ3) is 9.30. The molecule has 8 rings (SSSR count). The van der Waals surface area contributed by atoms with Gasteiger partial charge in [-0.2, -0.15) is 0 Å². The van der Waals surface area contributed by atoms with Gasteiger partial charge in [0.1, 0.15) is 0 Å². The first-order valence-corrected chi connectivity index (χ1v) is 21.7. The van der Waals surface area contributed by atoms with E-state index >= 15 is 0 Å². The van der Waals surface area contributed by atoms with Gasteiger partial charge in [-0.25, -0.2) is 0 Å². The second-order valence-electron chi connectivity index (χ2n) is 17.3. The Kier molecular flexibility index (Phi) is 13.4. The SMILES string of the molecule is CC(CCC(C)(c1ccccc1)c1ccccc1)(c1ccccc1)c1ccccc1.CC(CCC(C)(c1ccccc1)c1ccccc1)(c1ccccc1)c1ccccc1. The quantitative estimate of drug-likeness (QED) is 0.103. The topological polar surface area (TPSA) is 0 Å². The predicted octanol–water partition coefficient (Wildman–Crippen LogP) is 15.6. The smallest absolute Gasteiger partial charge is 0.0175 e. The normalized spacial score (nSPS) is 11.9. The van der Waals surface area contributed by atoms with Gasteiger partial charge in [0, 0.05) is 21.7 Å². The van der Waals surface area contributed by atoms with E-state index in [9.17, 15) is 0 Å². The fourth-order valence-corrected chi connectivity index (χ4v) is 9.27. The zero-order valence-corrected chi connectivity index (χ0v) is 35.9. The van der Waals surface area contributed by atoms with Crippen molar-refractivity contribution in [2.24, 2.45) is 0 Å². The molecule has 0 fully saturated rings. The first kappa shape index (κ1) is 41.9. The molecule has 300 valence electrons. The number of benzene rings is 8. The maximum atomic E-state index is 2.40. The Morgan fingerprint density at radius 2 is 0.283 bits per heavy atom. The molecular weight excluding hydrogens is 721 g/mol. The minimum atomic E-state index is -0.0483. The standard InChI is InChI=1S/2C30H30/c2*1-29(25-15-7-3-8-16-25,26-17-9-4-10-18-26)23-24-30(2,27-19-11-5-12-20-27)28-21-13-6-14-22-28/h2*3-22H,23-24H2,1-2H3.